The summed E-state index contributed by atoms with van der Waals surface area (Å²) < 4.78 is 0. The number of rotatable bonds is 2. The molecule has 2 aromatic heterocycles. The van der Waals surface area contributed by atoms with E-state index in [9.17, 15) is 0 Å². The molecule has 0 spiro atoms. The van der Waals surface area contributed by atoms with Crippen LogP contribution in [0.4, 0.5) is 0 Å². The lowest BCUT2D eigenvalue weighted by Crippen LogP contribution is -1.96. The number of thiazole rings is 1. The van der Waals surface area contributed by atoms with E-state index in [1.54, 1.807) is 23.0 Å². The zero-order valence-corrected chi connectivity index (χ0v) is 7.79. The third kappa shape index (κ3) is 1.59. The third-order valence-electron chi connectivity index (χ3n) is 1.73. The van der Waals surface area contributed by atoms with E-state index in [4.69, 9.17) is 5.73 Å². The van der Waals surface area contributed by atoms with E-state index in [0.29, 0.717) is 6.54 Å². The lowest BCUT2D eigenvalue weighted by Gasteiger charge is -1.97. The summed E-state index contributed by atoms with van der Waals surface area (Å²) in [6.07, 6.45) is 1.76. The smallest absolute Gasteiger partial charge is 0.104 e. The van der Waals surface area contributed by atoms with Crippen molar-refractivity contribution >= 4 is 11.3 Å². The fraction of sp³-hybridized carbons (Fsp3) is 0.111. The lowest BCUT2D eigenvalue weighted by molar-refractivity contribution is 1.09. The molecule has 4 heteroatoms. The van der Waals surface area contributed by atoms with Gasteiger partial charge in [-0.05, 0) is 12.1 Å². The monoisotopic (exact) mass is 191 g/mol. The molecule has 0 unspecified atom stereocenters. The maximum atomic E-state index is 5.58. The van der Waals surface area contributed by atoms with Crippen LogP contribution in [-0.4, -0.2) is 9.97 Å². The van der Waals surface area contributed by atoms with Crippen LogP contribution in [0.5, 0.6) is 0 Å². The summed E-state index contributed by atoms with van der Waals surface area (Å²) in [6.45, 7) is 0.524. The van der Waals surface area contributed by atoms with Gasteiger partial charge in [0, 0.05) is 17.6 Å². The van der Waals surface area contributed by atoms with E-state index < -0.39 is 0 Å². The number of nitrogens with two attached hydrogens (primary N) is 1. The molecule has 0 aromatic carbocycles. The standard InChI is InChI=1S/C9H9N3S/c10-5-8-9(12-6-13-8)7-3-1-2-4-11-7/h1-4,6H,5,10H2. The van der Waals surface area contributed by atoms with E-state index in [1.807, 2.05) is 18.2 Å². The minimum Gasteiger partial charge on any atom is -0.326 e. The number of pyridine rings is 1. The Hall–Kier alpha value is -1.26. The van der Waals surface area contributed by atoms with E-state index >= 15 is 0 Å². The Kier molecular flexibility index (Phi) is 2.33. The van der Waals surface area contributed by atoms with Crippen molar-refractivity contribution in [1.82, 2.24) is 9.97 Å². The van der Waals surface area contributed by atoms with Gasteiger partial charge in [0.25, 0.3) is 0 Å². The summed E-state index contributed by atoms with van der Waals surface area (Å²) in [4.78, 5) is 9.53. The lowest BCUT2D eigenvalue weighted by atomic mass is 10.2. The van der Waals surface area contributed by atoms with E-state index in [2.05, 4.69) is 9.97 Å². The van der Waals surface area contributed by atoms with E-state index in [-0.39, 0.29) is 0 Å². The Morgan fingerprint density at radius 1 is 1.31 bits per heavy atom. The number of hydrogen-bond donors (Lipinski definition) is 1. The Morgan fingerprint density at radius 2 is 2.23 bits per heavy atom. The van der Waals surface area contributed by atoms with Gasteiger partial charge in [0.05, 0.1) is 11.2 Å². The average molecular weight is 191 g/mol. The maximum absolute atomic E-state index is 5.58. The van der Waals surface area contributed by atoms with Crippen molar-refractivity contribution in [2.45, 2.75) is 6.54 Å². The highest BCUT2D eigenvalue weighted by atomic mass is 32.1. The van der Waals surface area contributed by atoms with Gasteiger partial charge in [-0.25, -0.2) is 4.98 Å². The third-order valence-corrected chi connectivity index (χ3v) is 2.59. The first-order chi connectivity index (χ1) is 6.42. The van der Waals surface area contributed by atoms with Crippen molar-refractivity contribution in [2.75, 3.05) is 0 Å². The van der Waals surface area contributed by atoms with Gasteiger partial charge in [0.2, 0.25) is 0 Å². The van der Waals surface area contributed by atoms with Crippen LogP contribution in [0.25, 0.3) is 11.4 Å². The molecule has 66 valence electrons. The van der Waals surface area contributed by atoms with Gasteiger partial charge in [0.1, 0.15) is 5.69 Å². The van der Waals surface area contributed by atoms with Gasteiger partial charge in [-0.1, -0.05) is 6.07 Å². The summed E-state index contributed by atoms with van der Waals surface area (Å²) in [6, 6.07) is 5.77. The minimum absolute atomic E-state index is 0.524. The van der Waals surface area contributed by atoms with Crippen molar-refractivity contribution in [3.63, 3.8) is 0 Å². The molecule has 13 heavy (non-hydrogen) atoms. The molecule has 0 aliphatic carbocycles. The van der Waals surface area contributed by atoms with E-state index in [1.165, 1.54) is 0 Å². The van der Waals surface area contributed by atoms with E-state index in [0.717, 1.165) is 16.3 Å². The van der Waals surface area contributed by atoms with Crippen molar-refractivity contribution in [3.8, 4) is 11.4 Å². The Balaban J connectivity index is 2.47. The zero-order valence-electron chi connectivity index (χ0n) is 6.97. The quantitative estimate of drug-likeness (QED) is 0.785. The molecular weight excluding hydrogens is 182 g/mol. The molecule has 3 nitrogen and oxygen atoms in total. The van der Waals surface area contributed by atoms with Crippen molar-refractivity contribution in [3.05, 3.63) is 34.8 Å². The van der Waals surface area contributed by atoms with Crippen LogP contribution in [0.3, 0.4) is 0 Å². The SMILES string of the molecule is NCc1scnc1-c1ccccn1. The van der Waals surface area contributed by atoms with Crippen LogP contribution in [-0.2, 0) is 6.54 Å². The highest BCUT2D eigenvalue weighted by Crippen LogP contribution is 2.22. The van der Waals surface area contributed by atoms with Gasteiger partial charge in [-0.2, -0.15) is 0 Å². The molecular formula is C9H9N3S. The largest absolute Gasteiger partial charge is 0.326 e. The van der Waals surface area contributed by atoms with Crippen LogP contribution < -0.4 is 5.73 Å². The summed E-state index contributed by atoms with van der Waals surface area (Å²) in [5.41, 5.74) is 9.18. The second-order valence-electron chi connectivity index (χ2n) is 2.54. The van der Waals surface area contributed by atoms with Gasteiger partial charge in [0.15, 0.2) is 0 Å². The molecule has 0 bridgehead atoms. The minimum atomic E-state index is 0.524. The number of hydrogen-bond acceptors (Lipinski definition) is 4. The molecule has 0 saturated heterocycles. The molecule has 0 amide bonds. The highest BCUT2D eigenvalue weighted by molar-refractivity contribution is 7.10. The van der Waals surface area contributed by atoms with Crippen molar-refractivity contribution < 1.29 is 0 Å². The molecule has 0 atom stereocenters. The second-order valence-corrected chi connectivity index (χ2v) is 3.48. The summed E-state index contributed by atoms with van der Waals surface area (Å²) in [7, 11) is 0. The van der Waals surface area contributed by atoms with Crippen molar-refractivity contribution in [1.29, 1.82) is 0 Å². The first kappa shape index (κ1) is 8.34. The van der Waals surface area contributed by atoms with Gasteiger partial charge >= 0.3 is 0 Å². The zero-order chi connectivity index (χ0) is 9.10. The van der Waals surface area contributed by atoms with Crippen molar-refractivity contribution in [2.24, 2.45) is 5.73 Å². The molecule has 2 rings (SSSR count). The fourth-order valence-corrected chi connectivity index (χ4v) is 1.78. The predicted molar refractivity (Wildman–Crippen MR) is 53.2 cm³/mol. The average Bonchev–Trinajstić information content (AvgIpc) is 2.67. The molecule has 2 N–H and O–H groups in total. The summed E-state index contributed by atoms with van der Waals surface area (Å²) >= 11 is 1.57. The molecule has 0 radical (unpaired) electrons. The Labute approximate surface area is 80.3 Å². The first-order valence-electron chi connectivity index (χ1n) is 3.95. The van der Waals surface area contributed by atoms with Crippen LogP contribution in [0.2, 0.25) is 0 Å². The summed E-state index contributed by atoms with van der Waals surface area (Å²) in [5, 5.41) is 0. The molecule has 0 aliphatic heterocycles. The molecule has 0 fully saturated rings. The Morgan fingerprint density at radius 3 is 2.92 bits per heavy atom. The predicted octanol–water partition coefficient (Wildman–Crippen LogP) is 1.66. The van der Waals surface area contributed by atoms with Gasteiger partial charge < -0.3 is 5.73 Å². The summed E-state index contributed by atoms with van der Waals surface area (Å²) in [5.74, 6) is 0. The molecule has 0 saturated carbocycles. The second kappa shape index (κ2) is 3.64. The first-order valence-corrected chi connectivity index (χ1v) is 4.83. The number of nitrogens with zero attached hydrogens (tertiary/aromatic N) is 2. The number of aromatic nitrogens is 2. The molecule has 2 aromatic rings. The highest BCUT2D eigenvalue weighted by Gasteiger charge is 2.06. The molecule has 2 heterocycles. The topological polar surface area (TPSA) is 51.8 Å². The molecule has 0 aliphatic rings. The van der Waals surface area contributed by atoms with Crippen LogP contribution in [0, 0.1) is 0 Å². The maximum Gasteiger partial charge on any atom is 0.104 e. The van der Waals surface area contributed by atoms with Gasteiger partial charge in [-0.15, -0.1) is 11.3 Å². The van der Waals surface area contributed by atoms with Crippen LogP contribution in [0.15, 0.2) is 29.9 Å². The fourth-order valence-electron chi connectivity index (χ4n) is 1.13. The van der Waals surface area contributed by atoms with Crippen LogP contribution >= 0.6 is 11.3 Å². The Bertz CT molecular complexity index is 383. The normalized spacial score (nSPS) is 10.2. The van der Waals surface area contributed by atoms with Crippen LogP contribution in [0.1, 0.15) is 4.88 Å². The van der Waals surface area contributed by atoms with Gasteiger partial charge in [-0.3, -0.25) is 4.98 Å².